The maximum Gasteiger partial charge on any atom is 0.223 e. The normalized spacial score (nSPS) is 11.1. The molecular formula is C12H9F2N5S. The largest absolute Gasteiger partial charge is 0.368 e. The van der Waals surface area contributed by atoms with Crippen LogP contribution in [0.5, 0.6) is 0 Å². The van der Waals surface area contributed by atoms with E-state index in [0.29, 0.717) is 27.5 Å². The number of rotatable bonds is 3. The Hall–Kier alpha value is -2.22. The molecule has 8 heteroatoms. The molecule has 20 heavy (non-hydrogen) atoms. The molecule has 0 amide bonds. The second-order valence-corrected chi connectivity index (χ2v) is 5.02. The molecule has 2 heterocycles. The maximum absolute atomic E-state index is 13.1. The van der Waals surface area contributed by atoms with Crippen LogP contribution < -0.4 is 5.73 Å². The van der Waals surface area contributed by atoms with Gasteiger partial charge in [-0.25, -0.2) is 18.7 Å². The molecule has 3 rings (SSSR count). The van der Waals surface area contributed by atoms with Gasteiger partial charge in [-0.15, -0.1) is 0 Å². The Kier molecular flexibility index (Phi) is 3.23. The number of anilines is 1. The Morgan fingerprint density at radius 2 is 1.90 bits per heavy atom. The Morgan fingerprint density at radius 1 is 1.15 bits per heavy atom. The van der Waals surface area contributed by atoms with E-state index in [9.17, 15) is 8.78 Å². The van der Waals surface area contributed by atoms with Crippen molar-refractivity contribution in [1.82, 2.24) is 19.9 Å². The summed E-state index contributed by atoms with van der Waals surface area (Å²) in [7, 11) is 0. The van der Waals surface area contributed by atoms with Gasteiger partial charge in [-0.1, -0.05) is 11.8 Å². The third-order valence-electron chi connectivity index (χ3n) is 2.57. The van der Waals surface area contributed by atoms with Crippen molar-refractivity contribution >= 4 is 28.9 Å². The number of halogens is 2. The standard InChI is InChI=1S/C12H9F2N5S/c13-7-1-6(2-8(14)3-7)4-20-11-9-10(17-5-16-9)18-12(15)19-11/h1-3,5H,4H2,(H3,15,16,17,18,19). The number of benzene rings is 1. The first-order valence-corrected chi connectivity index (χ1v) is 6.65. The first-order valence-electron chi connectivity index (χ1n) is 5.66. The minimum Gasteiger partial charge on any atom is -0.368 e. The summed E-state index contributed by atoms with van der Waals surface area (Å²) in [5.41, 5.74) is 7.23. The summed E-state index contributed by atoms with van der Waals surface area (Å²) >= 11 is 1.30. The highest BCUT2D eigenvalue weighted by Crippen LogP contribution is 2.27. The van der Waals surface area contributed by atoms with Crippen molar-refractivity contribution in [1.29, 1.82) is 0 Å². The Morgan fingerprint density at radius 3 is 2.65 bits per heavy atom. The van der Waals surface area contributed by atoms with E-state index in [-0.39, 0.29) is 5.95 Å². The molecule has 0 bridgehead atoms. The summed E-state index contributed by atoms with van der Waals surface area (Å²) in [5.74, 6) is -0.735. The zero-order valence-corrected chi connectivity index (χ0v) is 10.9. The van der Waals surface area contributed by atoms with E-state index in [2.05, 4.69) is 19.9 Å². The van der Waals surface area contributed by atoms with Gasteiger partial charge in [-0.3, -0.25) is 0 Å². The number of hydrogen-bond donors (Lipinski definition) is 2. The minimum absolute atomic E-state index is 0.109. The quantitative estimate of drug-likeness (QED) is 0.573. The third kappa shape index (κ3) is 2.55. The van der Waals surface area contributed by atoms with Crippen molar-refractivity contribution < 1.29 is 8.78 Å². The van der Waals surface area contributed by atoms with Gasteiger partial charge in [0.2, 0.25) is 5.95 Å². The van der Waals surface area contributed by atoms with Crippen molar-refractivity contribution in [2.45, 2.75) is 10.8 Å². The van der Waals surface area contributed by atoms with E-state index in [1.54, 1.807) is 0 Å². The molecule has 0 saturated heterocycles. The summed E-state index contributed by atoms with van der Waals surface area (Å²) in [6.07, 6.45) is 1.49. The fourth-order valence-electron chi connectivity index (χ4n) is 1.77. The molecule has 0 atom stereocenters. The Bertz CT molecular complexity index is 753. The lowest BCUT2D eigenvalue weighted by molar-refractivity contribution is 0.581. The molecule has 102 valence electrons. The Balaban J connectivity index is 1.88. The monoisotopic (exact) mass is 293 g/mol. The van der Waals surface area contributed by atoms with Gasteiger partial charge in [0, 0.05) is 11.8 Å². The third-order valence-corrected chi connectivity index (χ3v) is 3.61. The average molecular weight is 293 g/mol. The smallest absolute Gasteiger partial charge is 0.223 e. The highest BCUT2D eigenvalue weighted by atomic mass is 32.2. The second-order valence-electron chi connectivity index (χ2n) is 4.05. The molecule has 0 saturated carbocycles. The SMILES string of the molecule is Nc1nc(SCc2cc(F)cc(F)c2)c2[nH]cnc2n1. The van der Waals surface area contributed by atoms with Gasteiger partial charge in [0.05, 0.1) is 6.33 Å². The van der Waals surface area contributed by atoms with Crippen LogP contribution in [0.1, 0.15) is 5.56 Å². The number of nitrogens with two attached hydrogens (primary N) is 1. The Labute approximate surface area is 116 Å². The predicted octanol–water partition coefficient (Wildman–Crippen LogP) is 2.51. The minimum atomic E-state index is -0.602. The second kappa shape index (κ2) is 5.04. The predicted molar refractivity (Wildman–Crippen MR) is 72.0 cm³/mol. The molecule has 1 aromatic carbocycles. The van der Waals surface area contributed by atoms with Gasteiger partial charge in [-0.2, -0.15) is 4.98 Å². The van der Waals surface area contributed by atoms with Crippen molar-refractivity contribution in [3.05, 3.63) is 41.7 Å². The fraction of sp³-hybridized carbons (Fsp3) is 0.0833. The lowest BCUT2D eigenvalue weighted by Gasteiger charge is -2.04. The maximum atomic E-state index is 13.1. The van der Waals surface area contributed by atoms with Gasteiger partial charge in [-0.05, 0) is 17.7 Å². The lowest BCUT2D eigenvalue weighted by atomic mass is 10.2. The van der Waals surface area contributed by atoms with E-state index in [1.807, 2.05) is 0 Å². The van der Waals surface area contributed by atoms with Crippen LogP contribution in [0.15, 0.2) is 29.6 Å². The number of nitrogens with zero attached hydrogens (tertiary/aromatic N) is 3. The van der Waals surface area contributed by atoms with Crippen LogP contribution in [-0.2, 0) is 5.75 Å². The number of nitrogens with one attached hydrogen (secondary N) is 1. The molecule has 0 aliphatic rings. The van der Waals surface area contributed by atoms with Crippen molar-refractivity contribution in [3.8, 4) is 0 Å². The number of thioether (sulfide) groups is 1. The number of hydrogen-bond acceptors (Lipinski definition) is 5. The van der Waals surface area contributed by atoms with Crippen LogP contribution in [0, 0.1) is 11.6 Å². The average Bonchev–Trinajstić information content (AvgIpc) is 2.82. The van der Waals surface area contributed by atoms with Crippen molar-refractivity contribution in [2.75, 3.05) is 5.73 Å². The molecule has 0 fully saturated rings. The zero-order chi connectivity index (χ0) is 14.1. The van der Waals surface area contributed by atoms with Gasteiger partial charge < -0.3 is 10.7 Å². The van der Waals surface area contributed by atoms with Crippen molar-refractivity contribution in [3.63, 3.8) is 0 Å². The molecule has 5 nitrogen and oxygen atoms in total. The van der Waals surface area contributed by atoms with Crippen LogP contribution in [0.3, 0.4) is 0 Å². The number of H-pyrrole nitrogens is 1. The number of aromatic nitrogens is 4. The van der Waals surface area contributed by atoms with Crippen LogP contribution in [0.4, 0.5) is 14.7 Å². The molecular weight excluding hydrogens is 284 g/mol. The van der Waals surface area contributed by atoms with Crippen LogP contribution >= 0.6 is 11.8 Å². The number of aromatic amines is 1. The van der Waals surface area contributed by atoms with E-state index < -0.39 is 11.6 Å². The van der Waals surface area contributed by atoms with E-state index in [4.69, 9.17) is 5.73 Å². The summed E-state index contributed by atoms with van der Waals surface area (Å²) in [4.78, 5) is 15.0. The summed E-state index contributed by atoms with van der Waals surface area (Å²) < 4.78 is 26.2. The number of fused-ring (bicyclic) bond motifs is 1. The highest BCUT2D eigenvalue weighted by molar-refractivity contribution is 7.98. The highest BCUT2D eigenvalue weighted by Gasteiger charge is 2.10. The van der Waals surface area contributed by atoms with E-state index in [1.165, 1.54) is 30.2 Å². The molecule has 3 aromatic rings. The van der Waals surface area contributed by atoms with Crippen molar-refractivity contribution in [2.24, 2.45) is 0 Å². The van der Waals surface area contributed by atoms with Gasteiger partial charge in [0.1, 0.15) is 22.2 Å². The van der Waals surface area contributed by atoms with Crippen LogP contribution in [0.25, 0.3) is 11.2 Å². The fourth-order valence-corrected chi connectivity index (χ4v) is 2.70. The zero-order valence-electron chi connectivity index (χ0n) is 10.1. The van der Waals surface area contributed by atoms with E-state index >= 15 is 0 Å². The van der Waals surface area contributed by atoms with Gasteiger partial charge in [0.15, 0.2) is 5.65 Å². The first-order chi connectivity index (χ1) is 9.61. The molecule has 2 aromatic heterocycles. The molecule has 0 spiro atoms. The molecule has 3 N–H and O–H groups in total. The number of imidazole rings is 1. The molecule has 0 unspecified atom stereocenters. The number of nitrogen functional groups attached to an aromatic ring is 1. The van der Waals surface area contributed by atoms with Gasteiger partial charge >= 0.3 is 0 Å². The molecule has 0 radical (unpaired) electrons. The van der Waals surface area contributed by atoms with Crippen LogP contribution in [0.2, 0.25) is 0 Å². The molecule has 0 aliphatic carbocycles. The first kappa shape index (κ1) is 12.8. The topological polar surface area (TPSA) is 80.5 Å². The van der Waals surface area contributed by atoms with Crippen LogP contribution in [-0.4, -0.2) is 19.9 Å². The van der Waals surface area contributed by atoms with Gasteiger partial charge in [0.25, 0.3) is 0 Å². The summed E-state index contributed by atoms with van der Waals surface area (Å²) in [6.45, 7) is 0. The van der Waals surface area contributed by atoms with E-state index in [0.717, 1.165) is 6.07 Å². The lowest BCUT2D eigenvalue weighted by Crippen LogP contribution is -1.97. The summed E-state index contributed by atoms with van der Waals surface area (Å²) in [6, 6.07) is 3.40. The summed E-state index contributed by atoms with van der Waals surface area (Å²) in [5, 5.41) is 0.592. The molecule has 0 aliphatic heterocycles.